The number of imidazole rings is 1. The number of rotatable bonds is 6. The van der Waals surface area contributed by atoms with Crippen LogP contribution in [-0.4, -0.2) is 15.5 Å². The standard InChI is InChI=1S/C17H23N3O/c1-4-14(5-2)17(20-11-10-18-12-20)15-6-8-16(9-7-15)19-13(3)21/h6-12,14,17H,4-5H2,1-3H3,(H,19,21). The maximum Gasteiger partial charge on any atom is 0.221 e. The van der Waals surface area contributed by atoms with Crippen LogP contribution in [0, 0.1) is 5.92 Å². The van der Waals surface area contributed by atoms with Crippen LogP contribution in [0.25, 0.3) is 0 Å². The molecule has 1 N–H and O–H groups in total. The van der Waals surface area contributed by atoms with E-state index in [0.29, 0.717) is 5.92 Å². The van der Waals surface area contributed by atoms with Gasteiger partial charge in [0.2, 0.25) is 5.91 Å². The molecule has 1 aromatic heterocycles. The first-order chi connectivity index (χ1) is 10.2. The fourth-order valence-corrected chi connectivity index (χ4v) is 2.82. The van der Waals surface area contributed by atoms with Gasteiger partial charge in [-0.25, -0.2) is 4.98 Å². The third-order valence-corrected chi connectivity index (χ3v) is 3.91. The minimum atomic E-state index is -0.0473. The first-order valence-corrected chi connectivity index (χ1v) is 7.50. The number of carbonyl (C=O) groups excluding carboxylic acids is 1. The molecule has 0 aliphatic carbocycles. The molecule has 2 aromatic rings. The number of anilines is 1. The minimum absolute atomic E-state index is 0.0473. The molecule has 0 aliphatic rings. The molecule has 4 nitrogen and oxygen atoms in total. The minimum Gasteiger partial charge on any atom is -0.330 e. The highest BCUT2D eigenvalue weighted by atomic mass is 16.1. The summed E-state index contributed by atoms with van der Waals surface area (Å²) in [5.74, 6) is 0.514. The van der Waals surface area contributed by atoms with Crippen molar-refractivity contribution in [2.24, 2.45) is 5.92 Å². The van der Waals surface area contributed by atoms with Gasteiger partial charge in [-0.2, -0.15) is 0 Å². The lowest BCUT2D eigenvalue weighted by Gasteiger charge is -2.27. The Labute approximate surface area is 126 Å². The van der Waals surface area contributed by atoms with E-state index in [1.807, 2.05) is 30.9 Å². The molecule has 1 amide bonds. The molecule has 0 radical (unpaired) electrons. The number of amides is 1. The molecule has 21 heavy (non-hydrogen) atoms. The van der Waals surface area contributed by atoms with Gasteiger partial charge in [0.25, 0.3) is 0 Å². The van der Waals surface area contributed by atoms with Crippen molar-refractivity contribution in [3.8, 4) is 0 Å². The average Bonchev–Trinajstić information content (AvgIpc) is 2.99. The van der Waals surface area contributed by atoms with Gasteiger partial charge in [-0.1, -0.05) is 38.8 Å². The highest BCUT2D eigenvalue weighted by molar-refractivity contribution is 5.88. The predicted octanol–water partition coefficient (Wildman–Crippen LogP) is 3.87. The normalized spacial score (nSPS) is 12.4. The van der Waals surface area contributed by atoms with Crippen molar-refractivity contribution < 1.29 is 4.79 Å². The Kier molecular flexibility index (Phi) is 5.14. The summed E-state index contributed by atoms with van der Waals surface area (Å²) < 4.78 is 2.17. The van der Waals surface area contributed by atoms with E-state index in [1.165, 1.54) is 12.5 Å². The van der Waals surface area contributed by atoms with E-state index in [0.717, 1.165) is 18.5 Å². The van der Waals surface area contributed by atoms with Gasteiger partial charge >= 0.3 is 0 Å². The third kappa shape index (κ3) is 3.72. The number of hydrogen-bond donors (Lipinski definition) is 1. The Morgan fingerprint density at radius 3 is 2.38 bits per heavy atom. The Bertz CT molecular complexity index is 556. The van der Waals surface area contributed by atoms with Gasteiger partial charge in [0.05, 0.1) is 12.4 Å². The molecule has 1 unspecified atom stereocenters. The third-order valence-electron chi connectivity index (χ3n) is 3.91. The van der Waals surface area contributed by atoms with Crippen LogP contribution in [0.5, 0.6) is 0 Å². The van der Waals surface area contributed by atoms with Gasteiger partial charge in [-0.05, 0) is 23.6 Å². The smallest absolute Gasteiger partial charge is 0.221 e. The van der Waals surface area contributed by atoms with Gasteiger partial charge in [-0.15, -0.1) is 0 Å². The molecule has 0 aliphatic heterocycles. The van der Waals surface area contributed by atoms with Crippen LogP contribution in [0.15, 0.2) is 43.0 Å². The van der Waals surface area contributed by atoms with Gasteiger partial charge in [0, 0.05) is 25.0 Å². The molecule has 0 saturated heterocycles. The zero-order valence-electron chi connectivity index (χ0n) is 12.9. The SMILES string of the molecule is CCC(CC)C(c1ccc(NC(C)=O)cc1)n1ccnc1. The number of nitrogens with one attached hydrogen (secondary N) is 1. The summed E-state index contributed by atoms with van der Waals surface area (Å²) in [6.07, 6.45) is 7.95. The molecule has 0 fully saturated rings. The van der Waals surface area contributed by atoms with Crippen LogP contribution >= 0.6 is 0 Å². The topological polar surface area (TPSA) is 46.9 Å². The quantitative estimate of drug-likeness (QED) is 0.876. The molecule has 1 atom stereocenters. The van der Waals surface area contributed by atoms with E-state index in [-0.39, 0.29) is 11.9 Å². The van der Waals surface area contributed by atoms with Crippen molar-refractivity contribution in [1.82, 2.24) is 9.55 Å². The molecule has 4 heteroatoms. The van der Waals surface area contributed by atoms with E-state index in [2.05, 4.69) is 40.8 Å². The summed E-state index contributed by atoms with van der Waals surface area (Å²) >= 11 is 0. The summed E-state index contributed by atoms with van der Waals surface area (Å²) in [5.41, 5.74) is 2.08. The van der Waals surface area contributed by atoms with Crippen molar-refractivity contribution in [3.05, 3.63) is 48.5 Å². The van der Waals surface area contributed by atoms with Gasteiger partial charge < -0.3 is 9.88 Å². The Balaban J connectivity index is 2.30. The summed E-state index contributed by atoms with van der Waals surface area (Å²) in [4.78, 5) is 15.3. The lowest BCUT2D eigenvalue weighted by molar-refractivity contribution is -0.114. The summed E-state index contributed by atoms with van der Waals surface area (Å²) in [7, 11) is 0. The summed E-state index contributed by atoms with van der Waals surface area (Å²) in [6, 6.07) is 8.39. The van der Waals surface area contributed by atoms with Gasteiger partial charge in [0.15, 0.2) is 0 Å². The second-order valence-corrected chi connectivity index (χ2v) is 5.33. The fourth-order valence-electron chi connectivity index (χ4n) is 2.82. The monoisotopic (exact) mass is 285 g/mol. The Morgan fingerprint density at radius 2 is 1.90 bits per heavy atom. The largest absolute Gasteiger partial charge is 0.330 e. The number of hydrogen-bond acceptors (Lipinski definition) is 2. The molecular weight excluding hydrogens is 262 g/mol. The molecule has 1 aromatic carbocycles. The van der Waals surface area contributed by atoms with Crippen molar-refractivity contribution in [3.63, 3.8) is 0 Å². The van der Waals surface area contributed by atoms with Gasteiger partial charge in [0.1, 0.15) is 0 Å². The Morgan fingerprint density at radius 1 is 1.24 bits per heavy atom. The van der Waals surface area contributed by atoms with E-state index < -0.39 is 0 Å². The van der Waals surface area contributed by atoms with Crippen molar-refractivity contribution in [1.29, 1.82) is 0 Å². The van der Waals surface area contributed by atoms with Crippen LogP contribution in [0.1, 0.15) is 45.2 Å². The van der Waals surface area contributed by atoms with E-state index in [1.54, 1.807) is 0 Å². The van der Waals surface area contributed by atoms with Crippen LogP contribution in [0.2, 0.25) is 0 Å². The second-order valence-electron chi connectivity index (χ2n) is 5.33. The first-order valence-electron chi connectivity index (χ1n) is 7.50. The lowest BCUT2D eigenvalue weighted by Crippen LogP contribution is -2.19. The molecule has 1 heterocycles. The maximum atomic E-state index is 11.1. The first kappa shape index (κ1) is 15.3. The molecule has 0 bridgehead atoms. The van der Waals surface area contributed by atoms with Crippen LogP contribution in [-0.2, 0) is 4.79 Å². The van der Waals surface area contributed by atoms with Crippen LogP contribution in [0.3, 0.4) is 0 Å². The van der Waals surface area contributed by atoms with Crippen molar-refractivity contribution in [2.45, 2.75) is 39.7 Å². The van der Waals surface area contributed by atoms with E-state index in [9.17, 15) is 4.79 Å². The van der Waals surface area contributed by atoms with Crippen molar-refractivity contribution >= 4 is 11.6 Å². The number of nitrogens with zero attached hydrogens (tertiary/aromatic N) is 2. The fraction of sp³-hybridized carbons (Fsp3) is 0.412. The van der Waals surface area contributed by atoms with Gasteiger partial charge in [-0.3, -0.25) is 4.79 Å². The maximum absolute atomic E-state index is 11.1. The summed E-state index contributed by atoms with van der Waals surface area (Å²) in [6.45, 7) is 5.97. The summed E-state index contributed by atoms with van der Waals surface area (Å²) in [5, 5.41) is 2.80. The number of benzene rings is 1. The average molecular weight is 285 g/mol. The molecule has 0 saturated carbocycles. The number of carbonyl (C=O) groups is 1. The second kappa shape index (κ2) is 7.07. The van der Waals surface area contributed by atoms with Crippen LogP contribution < -0.4 is 5.32 Å². The van der Waals surface area contributed by atoms with E-state index >= 15 is 0 Å². The van der Waals surface area contributed by atoms with E-state index in [4.69, 9.17) is 0 Å². The molecule has 112 valence electrons. The lowest BCUT2D eigenvalue weighted by atomic mass is 9.88. The van der Waals surface area contributed by atoms with Crippen LogP contribution in [0.4, 0.5) is 5.69 Å². The molecule has 0 spiro atoms. The van der Waals surface area contributed by atoms with Crippen molar-refractivity contribution in [2.75, 3.05) is 5.32 Å². The highest BCUT2D eigenvalue weighted by Gasteiger charge is 2.21. The highest BCUT2D eigenvalue weighted by Crippen LogP contribution is 2.31. The number of aromatic nitrogens is 2. The predicted molar refractivity (Wildman–Crippen MR) is 85.2 cm³/mol. The zero-order valence-corrected chi connectivity index (χ0v) is 12.9. The molecule has 2 rings (SSSR count). The molecular formula is C17H23N3O. The Hall–Kier alpha value is -2.10. The zero-order chi connectivity index (χ0) is 15.2.